The van der Waals surface area contributed by atoms with Crippen molar-refractivity contribution in [2.24, 2.45) is 0 Å². The second-order valence-electron chi connectivity index (χ2n) is 1.52. The highest BCUT2D eigenvalue weighted by Crippen LogP contribution is 1.66. The quantitative estimate of drug-likeness (QED) is 0.373. The minimum Gasteiger partial charge on any atom is -0.208 e. The molecule has 0 saturated heterocycles. The molecule has 0 rings (SSSR count). The van der Waals surface area contributed by atoms with Gasteiger partial charge in [-0.2, -0.15) is 0 Å². The predicted octanol–water partition coefficient (Wildman–Crippen LogP) is 1.42. The van der Waals surface area contributed by atoms with Crippen LogP contribution in [0.4, 0.5) is 0 Å². The standard InChI is InChI=1S/C7H12N/c1-4-6-7-8(3)5-2/h4-7H,2H2,1,3H3/q+1/b6-4-,8-7?. The molecule has 0 spiro atoms. The first-order valence-corrected chi connectivity index (χ1v) is 2.62. The zero-order chi connectivity index (χ0) is 6.41. The van der Waals surface area contributed by atoms with Crippen LogP contribution in [0.2, 0.25) is 0 Å². The number of hydrogen-bond donors (Lipinski definition) is 0. The number of allylic oxidation sites excluding steroid dienone is 2. The van der Waals surface area contributed by atoms with Gasteiger partial charge >= 0.3 is 0 Å². The van der Waals surface area contributed by atoms with Gasteiger partial charge in [-0.25, -0.2) is 4.58 Å². The van der Waals surface area contributed by atoms with Gasteiger partial charge in [0.15, 0.2) is 12.4 Å². The summed E-state index contributed by atoms with van der Waals surface area (Å²) in [6.45, 7) is 5.55. The fourth-order valence-electron chi connectivity index (χ4n) is 0.283. The summed E-state index contributed by atoms with van der Waals surface area (Å²) < 4.78 is 1.89. The zero-order valence-corrected chi connectivity index (χ0v) is 5.46. The van der Waals surface area contributed by atoms with Crippen molar-refractivity contribution >= 4 is 6.21 Å². The lowest BCUT2D eigenvalue weighted by Crippen LogP contribution is -1.92. The summed E-state index contributed by atoms with van der Waals surface area (Å²) in [5.74, 6) is 0. The molecule has 1 nitrogen and oxygen atoms in total. The molecule has 8 heavy (non-hydrogen) atoms. The molecular formula is C7H12N+. The summed E-state index contributed by atoms with van der Waals surface area (Å²) in [7, 11) is 1.94. The van der Waals surface area contributed by atoms with E-state index >= 15 is 0 Å². The van der Waals surface area contributed by atoms with E-state index in [1.807, 2.05) is 36.9 Å². The van der Waals surface area contributed by atoms with Crippen LogP contribution in [0.15, 0.2) is 24.9 Å². The topological polar surface area (TPSA) is 3.01 Å². The third kappa shape index (κ3) is 3.34. The summed E-state index contributed by atoms with van der Waals surface area (Å²) >= 11 is 0. The molecule has 0 fully saturated rings. The molecule has 0 unspecified atom stereocenters. The van der Waals surface area contributed by atoms with Crippen molar-refractivity contribution in [3.05, 3.63) is 24.9 Å². The van der Waals surface area contributed by atoms with E-state index in [4.69, 9.17) is 0 Å². The molecule has 0 bridgehead atoms. The normalized spacial score (nSPS) is 12.5. The van der Waals surface area contributed by atoms with Crippen molar-refractivity contribution in [2.75, 3.05) is 7.05 Å². The summed E-state index contributed by atoms with van der Waals surface area (Å²) in [6, 6.07) is 0. The molecule has 1 heteroatoms. The van der Waals surface area contributed by atoms with Crippen LogP contribution in [0.3, 0.4) is 0 Å². The largest absolute Gasteiger partial charge is 0.208 e. The average Bonchev–Trinajstić information content (AvgIpc) is 1.83. The van der Waals surface area contributed by atoms with Gasteiger partial charge in [0, 0.05) is 0 Å². The molecule has 0 aromatic carbocycles. The Balaban J connectivity index is 3.74. The maximum Gasteiger partial charge on any atom is 0.168 e. The minimum atomic E-state index is 1.75. The number of hydrogen-bond acceptors (Lipinski definition) is 0. The molecule has 0 aliphatic heterocycles. The molecule has 0 heterocycles. The third-order valence-electron chi connectivity index (χ3n) is 0.802. The molecule has 0 atom stereocenters. The highest BCUT2D eigenvalue weighted by Gasteiger charge is 1.76. The summed E-state index contributed by atoms with van der Waals surface area (Å²) in [5, 5.41) is 0. The number of rotatable bonds is 2. The van der Waals surface area contributed by atoms with Gasteiger partial charge in [0.25, 0.3) is 0 Å². The molecule has 0 aromatic heterocycles. The van der Waals surface area contributed by atoms with Crippen LogP contribution in [-0.4, -0.2) is 17.8 Å². The van der Waals surface area contributed by atoms with Gasteiger partial charge in [0.05, 0.1) is 0 Å². The second-order valence-corrected chi connectivity index (χ2v) is 1.52. The van der Waals surface area contributed by atoms with Crippen LogP contribution in [0, 0.1) is 0 Å². The molecule has 0 aromatic rings. The average molecular weight is 110 g/mol. The van der Waals surface area contributed by atoms with Gasteiger partial charge in [0.1, 0.15) is 7.05 Å². The van der Waals surface area contributed by atoms with Crippen molar-refractivity contribution < 1.29 is 4.58 Å². The molecule has 0 aliphatic rings. The summed E-state index contributed by atoms with van der Waals surface area (Å²) in [4.78, 5) is 0. The zero-order valence-electron chi connectivity index (χ0n) is 5.46. The first-order valence-electron chi connectivity index (χ1n) is 2.62. The number of nitrogens with zero attached hydrogens (tertiary/aromatic N) is 1. The van der Waals surface area contributed by atoms with E-state index in [1.54, 1.807) is 6.20 Å². The Kier molecular flexibility index (Phi) is 3.85. The maximum atomic E-state index is 3.57. The van der Waals surface area contributed by atoms with Gasteiger partial charge < -0.3 is 0 Å². The van der Waals surface area contributed by atoms with E-state index < -0.39 is 0 Å². The van der Waals surface area contributed by atoms with E-state index in [2.05, 4.69) is 6.58 Å². The minimum absolute atomic E-state index is 1.75. The molecule has 0 radical (unpaired) electrons. The summed E-state index contributed by atoms with van der Waals surface area (Å²) in [6.07, 6.45) is 7.62. The first-order chi connectivity index (χ1) is 3.81. The van der Waals surface area contributed by atoms with E-state index in [-0.39, 0.29) is 0 Å². The van der Waals surface area contributed by atoms with E-state index in [1.165, 1.54) is 0 Å². The first kappa shape index (κ1) is 7.15. The Morgan fingerprint density at radius 2 is 2.12 bits per heavy atom. The Labute approximate surface area is 50.7 Å². The highest BCUT2D eigenvalue weighted by molar-refractivity contribution is 5.65. The van der Waals surface area contributed by atoms with Crippen molar-refractivity contribution in [2.45, 2.75) is 6.92 Å². The van der Waals surface area contributed by atoms with Gasteiger partial charge in [-0.3, -0.25) is 0 Å². The van der Waals surface area contributed by atoms with Crippen LogP contribution < -0.4 is 0 Å². The van der Waals surface area contributed by atoms with E-state index in [0.717, 1.165) is 0 Å². The molecule has 0 aliphatic carbocycles. The third-order valence-corrected chi connectivity index (χ3v) is 0.802. The Morgan fingerprint density at radius 3 is 2.50 bits per heavy atom. The Bertz CT molecular complexity index is 120. The van der Waals surface area contributed by atoms with Crippen LogP contribution in [0.25, 0.3) is 0 Å². The van der Waals surface area contributed by atoms with Gasteiger partial charge in [-0.1, -0.05) is 6.08 Å². The van der Waals surface area contributed by atoms with Crippen LogP contribution in [-0.2, 0) is 0 Å². The van der Waals surface area contributed by atoms with Gasteiger partial charge in [-0.15, -0.1) is 0 Å². The van der Waals surface area contributed by atoms with Gasteiger partial charge in [0.2, 0.25) is 0 Å². The molecule has 44 valence electrons. The van der Waals surface area contributed by atoms with Crippen molar-refractivity contribution in [1.82, 2.24) is 0 Å². The second kappa shape index (κ2) is 4.31. The Hall–Kier alpha value is -0.850. The molecule has 0 saturated carbocycles. The van der Waals surface area contributed by atoms with Crippen molar-refractivity contribution in [1.29, 1.82) is 0 Å². The maximum absolute atomic E-state index is 3.57. The highest BCUT2D eigenvalue weighted by atomic mass is 14.9. The lowest BCUT2D eigenvalue weighted by atomic mass is 10.5. The molecule has 0 amide bonds. The molecular weight excluding hydrogens is 98.1 g/mol. The van der Waals surface area contributed by atoms with Crippen LogP contribution in [0.5, 0.6) is 0 Å². The lowest BCUT2D eigenvalue weighted by molar-refractivity contribution is -0.415. The van der Waals surface area contributed by atoms with Crippen LogP contribution in [0.1, 0.15) is 6.92 Å². The van der Waals surface area contributed by atoms with Gasteiger partial charge in [-0.05, 0) is 19.6 Å². The van der Waals surface area contributed by atoms with Crippen molar-refractivity contribution in [3.8, 4) is 0 Å². The fourth-order valence-corrected chi connectivity index (χ4v) is 0.283. The lowest BCUT2D eigenvalue weighted by Gasteiger charge is -1.77. The predicted molar refractivity (Wildman–Crippen MR) is 37.3 cm³/mol. The monoisotopic (exact) mass is 110 g/mol. The Morgan fingerprint density at radius 1 is 1.50 bits per heavy atom. The SMILES string of the molecule is C=C[N+](C)=C/C=C\C. The summed E-state index contributed by atoms with van der Waals surface area (Å²) in [5.41, 5.74) is 0. The van der Waals surface area contributed by atoms with Crippen molar-refractivity contribution in [3.63, 3.8) is 0 Å². The fraction of sp³-hybridized carbons (Fsp3) is 0.286. The van der Waals surface area contributed by atoms with E-state index in [0.29, 0.717) is 0 Å². The van der Waals surface area contributed by atoms with E-state index in [9.17, 15) is 0 Å². The smallest absolute Gasteiger partial charge is 0.168 e. The molecule has 0 N–H and O–H groups in total. The van der Waals surface area contributed by atoms with Crippen LogP contribution >= 0.6 is 0 Å².